The molecule has 32 heavy (non-hydrogen) atoms. The van der Waals surface area contributed by atoms with E-state index < -0.39 is 5.97 Å². The van der Waals surface area contributed by atoms with Crippen molar-refractivity contribution in [2.24, 2.45) is 0 Å². The van der Waals surface area contributed by atoms with Crippen LogP contribution < -0.4 is 0 Å². The number of carboxylic acids is 1. The van der Waals surface area contributed by atoms with Crippen molar-refractivity contribution in [1.82, 2.24) is 0 Å². The summed E-state index contributed by atoms with van der Waals surface area (Å²) >= 11 is 0. The SMILES string of the molecule is CC(C)O.CC(C)O.CC(C)O.CCCCCCCCCCOCC(=O)O.C[C-](C)C.[Ti]. The number of hydrogen-bond donors (Lipinski definition) is 4. The molecular formula is C25H57O6Ti-. The van der Waals surface area contributed by atoms with Gasteiger partial charge in [0.25, 0.3) is 0 Å². The van der Waals surface area contributed by atoms with Crippen LogP contribution in [0.1, 0.15) is 121 Å². The molecule has 0 rings (SSSR count). The van der Waals surface area contributed by atoms with E-state index in [1.165, 1.54) is 44.4 Å². The van der Waals surface area contributed by atoms with Gasteiger partial charge in [0, 0.05) is 46.6 Å². The van der Waals surface area contributed by atoms with Crippen molar-refractivity contribution in [3.63, 3.8) is 0 Å². The van der Waals surface area contributed by atoms with E-state index in [0.29, 0.717) is 6.61 Å². The predicted octanol–water partition coefficient (Wildman–Crippen LogP) is 6.01. The molecule has 0 unspecified atom stereocenters. The summed E-state index contributed by atoms with van der Waals surface area (Å²) in [5, 5.41) is 32.5. The van der Waals surface area contributed by atoms with Gasteiger partial charge < -0.3 is 31.1 Å². The molecule has 0 aromatic heterocycles. The van der Waals surface area contributed by atoms with E-state index in [0.717, 1.165) is 12.8 Å². The molecule has 0 aromatic rings. The Kier molecular flexibility index (Phi) is 58.7. The quantitative estimate of drug-likeness (QED) is 0.157. The number of carbonyl (C=O) groups is 1. The van der Waals surface area contributed by atoms with Crippen molar-refractivity contribution in [3.05, 3.63) is 5.92 Å². The van der Waals surface area contributed by atoms with E-state index in [2.05, 4.69) is 27.7 Å². The zero-order valence-electron chi connectivity index (χ0n) is 22.9. The molecule has 0 aliphatic heterocycles. The summed E-state index contributed by atoms with van der Waals surface area (Å²) in [6.07, 6.45) is 9.53. The van der Waals surface area contributed by atoms with Gasteiger partial charge in [-0.25, -0.2) is 4.79 Å². The van der Waals surface area contributed by atoms with Crippen molar-refractivity contribution in [2.45, 2.75) is 139 Å². The van der Waals surface area contributed by atoms with E-state index in [4.69, 9.17) is 25.2 Å². The number of rotatable bonds is 11. The number of hydrogen-bond acceptors (Lipinski definition) is 5. The van der Waals surface area contributed by atoms with Crippen molar-refractivity contribution in [1.29, 1.82) is 0 Å². The maximum Gasteiger partial charge on any atom is 0.329 e. The molecule has 4 N–H and O–H groups in total. The second-order valence-corrected chi connectivity index (χ2v) is 8.70. The van der Waals surface area contributed by atoms with E-state index in [1.807, 2.05) is 0 Å². The van der Waals surface area contributed by atoms with Crippen LogP contribution in [0.5, 0.6) is 0 Å². The Morgan fingerprint density at radius 1 is 0.719 bits per heavy atom. The Morgan fingerprint density at radius 3 is 1.22 bits per heavy atom. The van der Waals surface area contributed by atoms with E-state index in [1.54, 1.807) is 41.5 Å². The first-order chi connectivity index (χ1) is 14.2. The van der Waals surface area contributed by atoms with Gasteiger partial charge in [-0.3, -0.25) is 0 Å². The van der Waals surface area contributed by atoms with Crippen molar-refractivity contribution in [3.8, 4) is 0 Å². The van der Waals surface area contributed by atoms with Crippen LogP contribution in [0.15, 0.2) is 0 Å². The minimum absolute atomic E-state index is 0. The zero-order chi connectivity index (χ0) is 25.7. The van der Waals surface area contributed by atoms with Crippen LogP contribution in [0.25, 0.3) is 0 Å². The van der Waals surface area contributed by atoms with Crippen LogP contribution in [-0.4, -0.2) is 57.9 Å². The minimum Gasteiger partial charge on any atom is -0.480 e. The molecule has 0 atom stereocenters. The van der Waals surface area contributed by atoms with Gasteiger partial charge in [0.15, 0.2) is 0 Å². The van der Waals surface area contributed by atoms with Crippen molar-refractivity contribution >= 4 is 5.97 Å². The van der Waals surface area contributed by atoms with Gasteiger partial charge in [0.1, 0.15) is 6.61 Å². The molecule has 0 heterocycles. The first-order valence-electron chi connectivity index (χ1n) is 11.8. The topological polar surface area (TPSA) is 107 Å². The summed E-state index contributed by atoms with van der Waals surface area (Å²) in [7, 11) is 0. The molecular weight excluding hydrogens is 444 g/mol. The zero-order valence-corrected chi connectivity index (χ0v) is 24.5. The van der Waals surface area contributed by atoms with Crippen LogP contribution in [-0.2, 0) is 31.2 Å². The van der Waals surface area contributed by atoms with Crippen LogP contribution in [0, 0.1) is 5.92 Å². The fourth-order valence-electron chi connectivity index (χ4n) is 1.50. The monoisotopic (exact) mass is 501 g/mol. The molecule has 0 aromatic carbocycles. The summed E-state index contributed by atoms with van der Waals surface area (Å²) < 4.78 is 4.94. The predicted molar refractivity (Wildman–Crippen MR) is 133 cm³/mol. The molecule has 0 bridgehead atoms. The summed E-state index contributed by atoms with van der Waals surface area (Å²) in [4.78, 5) is 10.1. The normalized spacial score (nSPS) is 9.41. The van der Waals surface area contributed by atoms with Crippen molar-refractivity contribution < 1.29 is 51.7 Å². The van der Waals surface area contributed by atoms with Gasteiger partial charge in [0.2, 0.25) is 0 Å². The second kappa shape index (κ2) is 41.3. The third-order valence-corrected chi connectivity index (χ3v) is 2.37. The first kappa shape index (κ1) is 45.5. The molecule has 198 valence electrons. The molecule has 0 amide bonds. The van der Waals surface area contributed by atoms with Gasteiger partial charge in [-0.2, -0.15) is 20.8 Å². The smallest absolute Gasteiger partial charge is 0.329 e. The standard InChI is InChI=1S/C12H24O3.C4H9.3C3H8O.Ti/c1-2-3-4-5-6-7-8-9-10-15-11-12(13)14;1-4(2)3;3*1-3(2)4;/h2-11H2,1H3,(H,13,14);1-3H3;3*3-4H,1-2H3;/q;-1;;;;. The van der Waals surface area contributed by atoms with Crippen LogP contribution in [0.4, 0.5) is 0 Å². The van der Waals surface area contributed by atoms with Crippen molar-refractivity contribution in [2.75, 3.05) is 13.2 Å². The summed E-state index contributed by atoms with van der Waals surface area (Å²) in [5.41, 5.74) is 0. The Morgan fingerprint density at radius 2 is 0.969 bits per heavy atom. The average molecular weight is 502 g/mol. The Hall–Kier alpha value is 0.0243. The molecule has 6 nitrogen and oxygen atoms in total. The molecule has 0 spiro atoms. The fourth-order valence-corrected chi connectivity index (χ4v) is 1.50. The minimum atomic E-state index is -0.880. The molecule has 7 heteroatoms. The number of aliphatic hydroxyl groups excluding tert-OH is 3. The van der Waals surface area contributed by atoms with Crippen LogP contribution >= 0.6 is 0 Å². The van der Waals surface area contributed by atoms with Gasteiger partial charge in [-0.1, -0.05) is 51.9 Å². The molecule has 0 radical (unpaired) electrons. The largest absolute Gasteiger partial charge is 0.480 e. The number of ether oxygens (including phenoxy) is 1. The summed E-state index contributed by atoms with van der Waals surface area (Å²) in [6.45, 7) is 19.2. The molecule has 0 saturated heterocycles. The Balaban J connectivity index is -0.0000000814. The van der Waals surface area contributed by atoms with Crippen LogP contribution in [0.2, 0.25) is 0 Å². The van der Waals surface area contributed by atoms with Crippen LogP contribution in [0.3, 0.4) is 0 Å². The second-order valence-electron chi connectivity index (χ2n) is 8.70. The van der Waals surface area contributed by atoms with Gasteiger partial charge in [-0.05, 0) is 48.0 Å². The van der Waals surface area contributed by atoms with E-state index in [-0.39, 0.29) is 46.6 Å². The maximum atomic E-state index is 10.1. The van der Waals surface area contributed by atoms with Gasteiger partial charge in [0.05, 0.1) is 0 Å². The van der Waals surface area contributed by atoms with Gasteiger partial charge in [-0.15, -0.1) is 0 Å². The average Bonchev–Trinajstić information content (AvgIpc) is 2.54. The number of aliphatic hydroxyl groups is 3. The first-order valence-corrected chi connectivity index (χ1v) is 11.8. The molecule has 0 aliphatic rings. The van der Waals surface area contributed by atoms with Gasteiger partial charge >= 0.3 is 5.97 Å². The third kappa shape index (κ3) is 175. The summed E-state index contributed by atoms with van der Waals surface area (Å²) in [6, 6.07) is 0. The maximum absolute atomic E-state index is 10.1. The fraction of sp³-hybridized carbons (Fsp3) is 0.920. The number of carboxylic acid groups (broad SMARTS) is 1. The molecule has 0 aliphatic carbocycles. The number of unbranched alkanes of at least 4 members (excludes halogenated alkanes) is 7. The molecule has 0 saturated carbocycles. The summed E-state index contributed by atoms with van der Waals surface area (Å²) in [5.74, 6) is 0.537. The van der Waals surface area contributed by atoms with E-state index in [9.17, 15) is 4.79 Å². The Labute approximate surface area is 215 Å². The Bertz CT molecular complexity index is 263. The number of aliphatic carboxylic acids is 1. The molecule has 0 fully saturated rings. The van der Waals surface area contributed by atoms with E-state index >= 15 is 0 Å². The third-order valence-electron chi connectivity index (χ3n) is 2.37.